The Morgan fingerprint density at radius 2 is 2.03 bits per heavy atom. The zero-order valence-corrected chi connectivity index (χ0v) is 20.2. The molecule has 2 heterocycles. The van der Waals surface area contributed by atoms with Crippen LogP contribution >= 0.6 is 0 Å². The minimum absolute atomic E-state index is 0.176. The molecule has 1 fully saturated rings. The van der Waals surface area contributed by atoms with Gasteiger partial charge in [0.2, 0.25) is 0 Å². The van der Waals surface area contributed by atoms with Crippen LogP contribution in [0.2, 0.25) is 0 Å². The second kappa shape index (κ2) is 9.88. The van der Waals surface area contributed by atoms with Crippen molar-refractivity contribution in [2.45, 2.75) is 64.0 Å². The highest BCUT2D eigenvalue weighted by Gasteiger charge is 2.33. The van der Waals surface area contributed by atoms with Gasteiger partial charge in [0.25, 0.3) is 0 Å². The van der Waals surface area contributed by atoms with Crippen LogP contribution < -0.4 is 0 Å². The average Bonchev–Trinajstić information content (AvgIpc) is 3.25. The lowest BCUT2D eigenvalue weighted by molar-refractivity contribution is -0.143. The molecule has 5 rings (SSSR count). The molecule has 0 saturated heterocycles. The molecule has 0 radical (unpaired) electrons. The van der Waals surface area contributed by atoms with Crippen molar-refractivity contribution in [2.24, 2.45) is 5.92 Å². The number of carboxylic acids is 1. The van der Waals surface area contributed by atoms with Crippen LogP contribution in [0, 0.1) is 5.92 Å². The number of aromatic nitrogens is 2. The lowest BCUT2D eigenvalue weighted by Gasteiger charge is -2.29. The van der Waals surface area contributed by atoms with E-state index >= 15 is 0 Å². The molecule has 2 aliphatic rings. The molecule has 0 bridgehead atoms. The van der Waals surface area contributed by atoms with E-state index in [1.54, 1.807) is 7.11 Å². The predicted octanol–water partition coefficient (Wildman–Crippen LogP) is 5.16. The summed E-state index contributed by atoms with van der Waals surface area (Å²) in [6, 6.07) is 15.3. The molecule has 0 spiro atoms. The van der Waals surface area contributed by atoms with Crippen molar-refractivity contribution >= 4 is 17.0 Å². The zero-order valence-electron chi connectivity index (χ0n) is 20.2. The summed E-state index contributed by atoms with van der Waals surface area (Å²) in [5.41, 5.74) is 6.25. The van der Waals surface area contributed by atoms with Crippen molar-refractivity contribution in [2.75, 3.05) is 20.4 Å². The Balaban J connectivity index is 1.59. The molecule has 6 heteroatoms. The number of aliphatic carboxylic acids is 1. The molecule has 2 aromatic carbocycles. The topological polar surface area (TPSA) is 67.6 Å². The third-order valence-electron chi connectivity index (χ3n) is 7.69. The van der Waals surface area contributed by atoms with Crippen LogP contribution in [-0.2, 0) is 28.9 Å². The fraction of sp³-hybridized carbons (Fsp3) is 0.500. The smallest absolute Gasteiger partial charge is 0.306 e. The first-order chi connectivity index (χ1) is 16.5. The van der Waals surface area contributed by atoms with Crippen molar-refractivity contribution in [3.8, 4) is 0 Å². The van der Waals surface area contributed by atoms with E-state index in [1.807, 2.05) is 0 Å². The molecule has 3 aromatic rings. The maximum absolute atomic E-state index is 11.8. The average molecular weight is 462 g/mol. The van der Waals surface area contributed by atoms with Gasteiger partial charge in [-0.05, 0) is 61.8 Å². The Kier molecular flexibility index (Phi) is 6.70. The van der Waals surface area contributed by atoms with Crippen molar-refractivity contribution in [3.63, 3.8) is 0 Å². The molecule has 34 heavy (non-hydrogen) atoms. The minimum Gasteiger partial charge on any atom is -0.481 e. The molecule has 1 saturated carbocycles. The number of carbonyl (C=O) groups is 1. The first kappa shape index (κ1) is 23.1. The predicted molar refractivity (Wildman–Crippen MR) is 133 cm³/mol. The third kappa shape index (κ3) is 4.49. The van der Waals surface area contributed by atoms with Gasteiger partial charge in [-0.15, -0.1) is 0 Å². The van der Waals surface area contributed by atoms with Crippen LogP contribution in [0.3, 0.4) is 0 Å². The molecular weight excluding hydrogens is 426 g/mol. The van der Waals surface area contributed by atoms with Crippen LogP contribution in [0.5, 0.6) is 0 Å². The summed E-state index contributed by atoms with van der Waals surface area (Å²) in [7, 11) is 1.75. The van der Waals surface area contributed by atoms with Crippen molar-refractivity contribution < 1.29 is 14.6 Å². The zero-order chi connectivity index (χ0) is 23.7. The number of carboxylic acid groups (broad SMARTS) is 1. The number of methoxy groups -OCH3 is 1. The Morgan fingerprint density at radius 1 is 1.21 bits per heavy atom. The van der Waals surface area contributed by atoms with Gasteiger partial charge in [0.05, 0.1) is 23.7 Å². The van der Waals surface area contributed by atoms with Crippen molar-refractivity contribution in [1.82, 2.24) is 14.5 Å². The summed E-state index contributed by atoms with van der Waals surface area (Å²) in [6.45, 7) is 4.72. The molecule has 1 aliphatic heterocycles. The fourth-order valence-electron chi connectivity index (χ4n) is 6.01. The number of hydrogen-bond acceptors (Lipinski definition) is 4. The second-order valence-corrected chi connectivity index (χ2v) is 10.1. The molecule has 1 aliphatic carbocycles. The van der Waals surface area contributed by atoms with Gasteiger partial charge < -0.3 is 14.4 Å². The molecule has 180 valence electrons. The monoisotopic (exact) mass is 461 g/mol. The van der Waals surface area contributed by atoms with Gasteiger partial charge in [-0.2, -0.15) is 0 Å². The number of fused-ring (bicyclic) bond motifs is 3. The third-order valence-corrected chi connectivity index (χ3v) is 7.69. The maximum Gasteiger partial charge on any atom is 0.306 e. The van der Waals surface area contributed by atoms with Gasteiger partial charge in [0, 0.05) is 32.2 Å². The van der Waals surface area contributed by atoms with Gasteiger partial charge in [-0.3, -0.25) is 9.69 Å². The number of rotatable bonds is 7. The SMILES string of the molecule is COCN1CCc2ccc3c(nc(C4CCC[C@@H](C(=O)O)C4)n3[C@H](C)Cc3ccccc3)c2C1. The number of hydrogen-bond donors (Lipinski definition) is 1. The summed E-state index contributed by atoms with van der Waals surface area (Å²) in [5, 5.41) is 9.71. The van der Waals surface area contributed by atoms with Crippen LogP contribution in [-0.4, -0.2) is 45.9 Å². The van der Waals surface area contributed by atoms with E-state index in [4.69, 9.17) is 9.72 Å². The first-order valence-corrected chi connectivity index (χ1v) is 12.6. The molecular formula is C28H35N3O3. The van der Waals surface area contributed by atoms with Crippen molar-refractivity contribution in [3.05, 3.63) is 65.0 Å². The molecule has 1 unspecified atom stereocenters. The second-order valence-electron chi connectivity index (χ2n) is 10.1. The minimum atomic E-state index is -0.669. The summed E-state index contributed by atoms with van der Waals surface area (Å²) in [6.07, 6.45) is 5.31. The van der Waals surface area contributed by atoms with E-state index in [9.17, 15) is 9.90 Å². The Labute approximate surface area is 201 Å². The lowest BCUT2D eigenvalue weighted by Crippen LogP contribution is -2.32. The first-order valence-electron chi connectivity index (χ1n) is 12.6. The van der Waals surface area contributed by atoms with Crippen LogP contribution in [0.25, 0.3) is 11.0 Å². The number of imidazole rings is 1. The summed E-state index contributed by atoms with van der Waals surface area (Å²) in [4.78, 5) is 19.4. The fourth-order valence-corrected chi connectivity index (χ4v) is 6.01. The van der Waals surface area contributed by atoms with Crippen LogP contribution in [0.1, 0.15) is 67.1 Å². The summed E-state index contributed by atoms with van der Waals surface area (Å²) >= 11 is 0. The van der Waals surface area contributed by atoms with E-state index in [1.165, 1.54) is 22.2 Å². The maximum atomic E-state index is 11.8. The van der Waals surface area contributed by atoms with Crippen LogP contribution in [0.15, 0.2) is 42.5 Å². The number of ether oxygens (including phenoxy) is 1. The molecule has 0 amide bonds. The van der Waals surface area contributed by atoms with Gasteiger partial charge >= 0.3 is 5.97 Å². The Bertz CT molecular complexity index is 1160. The van der Waals surface area contributed by atoms with E-state index in [0.29, 0.717) is 13.2 Å². The van der Waals surface area contributed by atoms with Gasteiger partial charge in [0.1, 0.15) is 5.82 Å². The number of benzene rings is 2. The normalized spacial score (nSPS) is 21.9. The number of nitrogens with zero attached hydrogens (tertiary/aromatic N) is 3. The highest BCUT2D eigenvalue weighted by molar-refractivity contribution is 5.82. The van der Waals surface area contributed by atoms with Crippen molar-refractivity contribution in [1.29, 1.82) is 0 Å². The quantitative estimate of drug-likeness (QED) is 0.526. The standard InChI is InChI=1S/C28H35N3O3/c1-19(15-20-7-4-3-5-8-20)31-25-12-11-21-13-14-30(18-34-2)17-24(21)26(25)29-27(31)22-9-6-10-23(16-22)28(32)33/h3-5,7-8,11-12,19,22-23H,6,9-10,13-18H2,1-2H3,(H,32,33)/t19-,22?,23-/m1/s1. The van der Waals surface area contributed by atoms with Gasteiger partial charge in [0.15, 0.2) is 0 Å². The van der Waals surface area contributed by atoms with E-state index in [2.05, 4.69) is 58.9 Å². The van der Waals surface area contributed by atoms with E-state index in [-0.39, 0.29) is 17.9 Å². The molecule has 6 nitrogen and oxygen atoms in total. The lowest BCUT2D eigenvalue weighted by atomic mass is 9.81. The summed E-state index contributed by atoms with van der Waals surface area (Å²) in [5.74, 6) is 0.302. The Morgan fingerprint density at radius 3 is 2.79 bits per heavy atom. The largest absolute Gasteiger partial charge is 0.481 e. The van der Waals surface area contributed by atoms with Gasteiger partial charge in [-0.1, -0.05) is 42.8 Å². The summed E-state index contributed by atoms with van der Waals surface area (Å²) < 4.78 is 7.84. The highest BCUT2D eigenvalue weighted by atomic mass is 16.5. The van der Waals surface area contributed by atoms with E-state index < -0.39 is 5.97 Å². The molecule has 1 N–H and O–H groups in total. The molecule has 1 aromatic heterocycles. The molecule has 3 atom stereocenters. The van der Waals surface area contributed by atoms with E-state index in [0.717, 1.165) is 56.5 Å². The van der Waals surface area contributed by atoms with Crippen LogP contribution in [0.4, 0.5) is 0 Å². The van der Waals surface area contributed by atoms with Gasteiger partial charge in [-0.25, -0.2) is 4.98 Å². The highest BCUT2D eigenvalue weighted by Crippen LogP contribution is 2.40. The Hall–Kier alpha value is -2.70.